The third-order valence-electron chi connectivity index (χ3n) is 3.08. The Bertz CT molecular complexity index is 506. The standard InChI is InChI=1S/C14H24N2O2S/c1-4-9-16(10-5-2)19(17,18)13-8-7-12(6-3)14(15)11-13/h7-8,11H,4-6,9-10,15H2,1-3H3. The quantitative estimate of drug-likeness (QED) is 0.783. The lowest BCUT2D eigenvalue weighted by Crippen LogP contribution is -2.32. The van der Waals surface area contributed by atoms with E-state index >= 15 is 0 Å². The molecule has 0 aromatic heterocycles. The van der Waals surface area contributed by atoms with Gasteiger partial charge >= 0.3 is 0 Å². The van der Waals surface area contributed by atoms with Crippen LogP contribution in [0.5, 0.6) is 0 Å². The molecule has 0 aliphatic heterocycles. The Balaban J connectivity index is 3.14. The monoisotopic (exact) mass is 284 g/mol. The molecule has 0 saturated heterocycles. The highest BCUT2D eigenvalue weighted by Crippen LogP contribution is 2.22. The number of nitrogen functional groups attached to an aromatic ring is 1. The summed E-state index contributed by atoms with van der Waals surface area (Å²) in [6.07, 6.45) is 2.42. The second-order valence-electron chi connectivity index (χ2n) is 4.62. The number of rotatable bonds is 7. The molecule has 19 heavy (non-hydrogen) atoms. The van der Waals surface area contributed by atoms with E-state index in [2.05, 4.69) is 0 Å². The van der Waals surface area contributed by atoms with Crippen LogP contribution in [0.2, 0.25) is 0 Å². The molecule has 1 aromatic carbocycles. The molecule has 108 valence electrons. The average Bonchev–Trinajstić information content (AvgIpc) is 2.38. The first-order valence-corrected chi connectivity index (χ1v) is 8.29. The summed E-state index contributed by atoms with van der Waals surface area (Å²) >= 11 is 0. The summed E-state index contributed by atoms with van der Waals surface area (Å²) in [6, 6.07) is 5.04. The summed E-state index contributed by atoms with van der Waals surface area (Å²) in [5, 5.41) is 0. The summed E-state index contributed by atoms with van der Waals surface area (Å²) in [6.45, 7) is 7.05. The van der Waals surface area contributed by atoms with Crippen molar-refractivity contribution in [2.45, 2.75) is 44.9 Å². The van der Waals surface area contributed by atoms with Crippen LogP contribution < -0.4 is 5.73 Å². The molecule has 0 aliphatic carbocycles. The Labute approximate surface area is 116 Å². The largest absolute Gasteiger partial charge is 0.398 e. The number of nitrogens with two attached hydrogens (primary N) is 1. The molecule has 2 N–H and O–H groups in total. The Morgan fingerprint density at radius 3 is 2.11 bits per heavy atom. The van der Waals surface area contributed by atoms with Crippen molar-refractivity contribution < 1.29 is 8.42 Å². The van der Waals surface area contributed by atoms with Gasteiger partial charge in [0, 0.05) is 18.8 Å². The van der Waals surface area contributed by atoms with Gasteiger partial charge in [0.25, 0.3) is 0 Å². The van der Waals surface area contributed by atoms with Crippen molar-refractivity contribution in [3.05, 3.63) is 23.8 Å². The van der Waals surface area contributed by atoms with Gasteiger partial charge in [0.2, 0.25) is 10.0 Å². The van der Waals surface area contributed by atoms with Gasteiger partial charge in [-0.1, -0.05) is 26.8 Å². The molecule has 1 rings (SSSR count). The third-order valence-corrected chi connectivity index (χ3v) is 4.98. The second kappa shape index (κ2) is 6.91. The minimum absolute atomic E-state index is 0.295. The van der Waals surface area contributed by atoms with Crippen molar-refractivity contribution in [1.29, 1.82) is 0 Å². The Kier molecular flexibility index (Phi) is 5.82. The molecule has 0 unspecified atom stereocenters. The lowest BCUT2D eigenvalue weighted by atomic mass is 10.1. The van der Waals surface area contributed by atoms with Crippen LogP contribution in [0.3, 0.4) is 0 Å². The van der Waals surface area contributed by atoms with E-state index in [9.17, 15) is 8.42 Å². The number of hydrogen-bond donors (Lipinski definition) is 1. The molecular weight excluding hydrogens is 260 g/mol. The van der Waals surface area contributed by atoms with Crippen molar-refractivity contribution in [2.24, 2.45) is 0 Å². The lowest BCUT2D eigenvalue weighted by molar-refractivity contribution is 0.410. The van der Waals surface area contributed by atoms with Crippen LogP contribution in [-0.2, 0) is 16.4 Å². The molecule has 4 nitrogen and oxygen atoms in total. The Morgan fingerprint density at radius 1 is 1.11 bits per heavy atom. The molecule has 0 amide bonds. The van der Waals surface area contributed by atoms with E-state index in [1.165, 1.54) is 4.31 Å². The molecule has 0 fully saturated rings. The summed E-state index contributed by atoms with van der Waals surface area (Å²) in [7, 11) is -3.42. The predicted molar refractivity (Wildman–Crippen MR) is 79.6 cm³/mol. The predicted octanol–water partition coefficient (Wildman–Crippen LogP) is 2.64. The number of anilines is 1. The van der Waals surface area contributed by atoms with Crippen LogP contribution in [0.4, 0.5) is 5.69 Å². The maximum atomic E-state index is 12.5. The molecule has 5 heteroatoms. The molecule has 0 saturated carbocycles. The van der Waals surface area contributed by atoms with Gasteiger partial charge < -0.3 is 5.73 Å². The van der Waals surface area contributed by atoms with E-state index in [1.54, 1.807) is 18.2 Å². The second-order valence-corrected chi connectivity index (χ2v) is 6.56. The van der Waals surface area contributed by atoms with Crippen molar-refractivity contribution >= 4 is 15.7 Å². The van der Waals surface area contributed by atoms with Crippen molar-refractivity contribution in [2.75, 3.05) is 18.8 Å². The molecule has 0 spiro atoms. The van der Waals surface area contributed by atoms with E-state index < -0.39 is 10.0 Å². The smallest absolute Gasteiger partial charge is 0.243 e. The van der Waals surface area contributed by atoms with Gasteiger partial charge in [-0.2, -0.15) is 4.31 Å². The van der Waals surface area contributed by atoms with Gasteiger partial charge in [0.05, 0.1) is 4.90 Å². The normalized spacial score (nSPS) is 12.0. The number of sulfonamides is 1. The van der Waals surface area contributed by atoms with E-state index in [4.69, 9.17) is 5.73 Å². The lowest BCUT2D eigenvalue weighted by Gasteiger charge is -2.21. The van der Waals surface area contributed by atoms with E-state index in [-0.39, 0.29) is 0 Å². The molecule has 0 atom stereocenters. The fourth-order valence-electron chi connectivity index (χ4n) is 2.06. The summed E-state index contributed by atoms with van der Waals surface area (Å²) in [4.78, 5) is 0.295. The van der Waals surface area contributed by atoms with Crippen LogP contribution in [0, 0.1) is 0 Å². The molecule has 0 aliphatic rings. The Hall–Kier alpha value is -1.07. The van der Waals surface area contributed by atoms with Crippen molar-refractivity contribution in [1.82, 2.24) is 4.31 Å². The van der Waals surface area contributed by atoms with Gasteiger partial charge in [0.15, 0.2) is 0 Å². The fraction of sp³-hybridized carbons (Fsp3) is 0.571. The highest BCUT2D eigenvalue weighted by atomic mass is 32.2. The maximum Gasteiger partial charge on any atom is 0.243 e. The number of hydrogen-bond acceptors (Lipinski definition) is 3. The van der Waals surface area contributed by atoms with Crippen LogP contribution in [0.25, 0.3) is 0 Å². The maximum absolute atomic E-state index is 12.5. The molecule has 1 aromatic rings. The van der Waals surface area contributed by atoms with Crippen LogP contribution >= 0.6 is 0 Å². The summed E-state index contributed by atoms with van der Waals surface area (Å²) < 4.78 is 26.6. The zero-order valence-electron chi connectivity index (χ0n) is 12.0. The van der Waals surface area contributed by atoms with E-state index in [0.717, 1.165) is 24.8 Å². The van der Waals surface area contributed by atoms with Gasteiger partial charge in [-0.05, 0) is 37.0 Å². The zero-order chi connectivity index (χ0) is 14.5. The average molecular weight is 284 g/mol. The van der Waals surface area contributed by atoms with Gasteiger partial charge in [-0.15, -0.1) is 0 Å². The Morgan fingerprint density at radius 2 is 1.68 bits per heavy atom. The number of aryl methyl sites for hydroxylation is 1. The van der Waals surface area contributed by atoms with Crippen LogP contribution in [-0.4, -0.2) is 25.8 Å². The molecular formula is C14H24N2O2S. The van der Waals surface area contributed by atoms with Crippen LogP contribution in [0.15, 0.2) is 23.1 Å². The molecule has 0 radical (unpaired) electrons. The first-order chi connectivity index (χ1) is 8.97. The van der Waals surface area contributed by atoms with Crippen LogP contribution in [0.1, 0.15) is 39.2 Å². The van der Waals surface area contributed by atoms with Gasteiger partial charge in [-0.3, -0.25) is 0 Å². The fourth-order valence-corrected chi connectivity index (χ4v) is 3.72. The molecule has 0 bridgehead atoms. The topological polar surface area (TPSA) is 63.4 Å². The number of benzene rings is 1. The minimum Gasteiger partial charge on any atom is -0.398 e. The van der Waals surface area contributed by atoms with Crippen molar-refractivity contribution in [3.63, 3.8) is 0 Å². The summed E-state index contributed by atoms with van der Waals surface area (Å²) in [5.74, 6) is 0. The van der Waals surface area contributed by atoms with E-state index in [1.807, 2.05) is 20.8 Å². The first kappa shape index (κ1) is 16.0. The number of nitrogens with zero attached hydrogens (tertiary/aromatic N) is 1. The SMILES string of the molecule is CCCN(CCC)S(=O)(=O)c1ccc(CC)c(N)c1. The van der Waals surface area contributed by atoms with Gasteiger partial charge in [0.1, 0.15) is 0 Å². The van der Waals surface area contributed by atoms with E-state index in [0.29, 0.717) is 23.7 Å². The third kappa shape index (κ3) is 3.70. The highest BCUT2D eigenvalue weighted by molar-refractivity contribution is 7.89. The molecule has 0 heterocycles. The summed E-state index contributed by atoms with van der Waals surface area (Å²) in [5.41, 5.74) is 7.43. The van der Waals surface area contributed by atoms with Crippen molar-refractivity contribution in [3.8, 4) is 0 Å². The first-order valence-electron chi connectivity index (χ1n) is 6.85. The highest BCUT2D eigenvalue weighted by Gasteiger charge is 2.23. The minimum atomic E-state index is -3.42. The zero-order valence-corrected chi connectivity index (χ0v) is 12.8. The van der Waals surface area contributed by atoms with Gasteiger partial charge in [-0.25, -0.2) is 8.42 Å².